The van der Waals surface area contributed by atoms with E-state index in [1.54, 1.807) is 0 Å². The van der Waals surface area contributed by atoms with Gasteiger partial charge in [0.15, 0.2) is 0 Å². The number of nitrogens with two attached hydrogens (primary N) is 1. The van der Waals surface area contributed by atoms with E-state index >= 15 is 0 Å². The third-order valence-corrected chi connectivity index (χ3v) is 4.10. The maximum Gasteiger partial charge on any atom is 0.225 e. The second-order valence-corrected chi connectivity index (χ2v) is 6.10. The van der Waals surface area contributed by atoms with Gasteiger partial charge in [-0.05, 0) is 50.5 Å². The summed E-state index contributed by atoms with van der Waals surface area (Å²) in [6.45, 7) is 4.35. The molecule has 2 rings (SSSR count). The molecular formula is C15H26N4. The Kier molecular flexibility index (Phi) is 4.75. The highest BCUT2D eigenvalue weighted by atomic mass is 15.2. The lowest BCUT2D eigenvalue weighted by molar-refractivity contribution is 0.339. The van der Waals surface area contributed by atoms with Gasteiger partial charge in [0.05, 0.1) is 0 Å². The zero-order chi connectivity index (χ0) is 13.8. The molecule has 1 aliphatic rings. The molecule has 0 radical (unpaired) electrons. The van der Waals surface area contributed by atoms with Crippen molar-refractivity contribution in [3.8, 4) is 0 Å². The standard InChI is InChI=1S/C15H26N4/c1-11-4-6-14(7-5-11)19(3)15-17-9-13(10-18-15)8-12(2)16/h9-12,14H,4-8,16H2,1-3H3. The van der Waals surface area contributed by atoms with E-state index in [0.717, 1.165) is 23.9 Å². The van der Waals surface area contributed by atoms with E-state index in [0.29, 0.717) is 6.04 Å². The van der Waals surface area contributed by atoms with Crippen molar-refractivity contribution in [1.82, 2.24) is 9.97 Å². The van der Waals surface area contributed by atoms with Crippen LogP contribution in [0.25, 0.3) is 0 Å². The van der Waals surface area contributed by atoms with Crippen molar-refractivity contribution in [2.75, 3.05) is 11.9 Å². The third kappa shape index (κ3) is 3.90. The van der Waals surface area contributed by atoms with Crippen LogP contribution in [0.1, 0.15) is 45.1 Å². The van der Waals surface area contributed by atoms with Crippen LogP contribution in [0.5, 0.6) is 0 Å². The molecule has 1 heterocycles. The number of hydrogen-bond acceptors (Lipinski definition) is 4. The molecule has 4 heteroatoms. The zero-order valence-electron chi connectivity index (χ0n) is 12.3. The molecule has 0 aliphatic heterocycles. The van der Waals surface area contributed by atoms with Gasteiger partial charge in [0.25, 0.3) is 0 Å². The molecule has 0 bridgehead atoms. The fraction of sp³-hybridized carbons (Fsp3) is 0.733. The first-order valence-corrected chi connectivity index (χ1v) is 7.35. The maximum atomic E-state index is 5.79. The zero-order valence-corrected chi connectivity index (χ0v) is 12.3. The van der Waals surface area contributed by atoms with Crippen molar-refractivity contribution in [2.45, 2.75) is 58.0 Å². The Morgan fingerprint density at radius 1 is 1.26 bits per heavy atom. The Morgan fingerprint density at radius 3 is 2.37 bits per heavy atom. The fourth-order valence-corrected chi connectivity index (χ4v) is 2.80. The predicted octanol–water partition coefficient (Wildman–Crippen LogP) is 2.38. The Balaban J connectivity index is 1.97. The number of anilines is 1. The molecule has 0 amide bonds. The summed E-state index contributed by atoms with van der Waals surface area (Å²) in [5.74, 6) is 1.71. The molecule has 0 spiro atoms. The minimum absolute atomic E-state index is 0.159. The number of rotatable bonds is 4. The molecule has 1 saturated carbocycles. The summed E-state index contributed by atoms with van der Waals surface area (Å²) in [5, 5.41) is 0. The molecule has 1 unspecified atom stereocenters. The molecule has 106 valence electrons. The van der Waals surface area contributed by atoms with E-state index in [2.05, 4.69) is 28.8 Å². The first kappa shape index (κ1) is 14.3. The molecule has 1 aromatic rings. The number of nitrogens with zero attached hydrogens (tertiary/aromatic N) is 3. The van der Waals surface area contributed by atoms with Crippen LogP contribution in [-0.2, 0) is 6.42 Å². The lowest BCUT2D eigenvalue weighted by Gasteiger charge is -2.33. The fourth-order valence-electron chi connectivity index (χ4n) is 2.80. The lowest BCUT2D eigenvalue weighted by Crippen LogP contribution is -2.35. The Morgan fingerprint density at radius 2 is 1.84 bits per heavy atom. The molecule has 1 aromatic heterocycles. The first-order valence-electron chi connectivity index (χ1n) is 7.35. The summed E-state index contributed by atoms with van der Waals surface area (Å²) in [6, 6.07) is 0.752. The monoisotopic (exact) mass is 262 g/mol. The molecule has 2 N–H and O–H groups in total. The first-order chi connectivity index (χ1) is 9.06. The summed E-state index contributed by atoms with van der Waals surface area (Å²) in [5.41, 5.74) is 6.90. The van der Waals surface area contributed by atoms with Gasteiger partial charge >= 0.3 is 0 Å². The summed E-state index contributed by atoms with van der Waals surface area (Å²) >= 11 is 0. The normalized spacial score (nSPS) is 25.1. The molecule has 0 aromatic carbocycles. The van der Waals surface area contributed by atoms with Crippen molar-refractivity contribution in [2.24, 2.45) is 11.7 Å². The van der Waals surface area contributed by atoms with E-state index in [4.69, 9.17) is 5.73 Å². The van der Waals surface area contributed by atoms with E-state index in [-0.39, 0.29) is 6.04 Å². The largest absolute Gasteiger partial charge is 0.341 e. The number of hydrogen-bond donors (Lipinski definition) is 1. The van der Waals surface area contributed by atoms with Gasteiger partial charge in [0, 0.05) is 31.5 Å². The van der Waals surface area contributed by atoms with Crippen molar-refractivity contribution >= 4 is 5.95 Å². The van der Waals surface area contributed by atoms with Crippen LogP contribution in [0, 0.1) is 5.92 Å². The average molecular weight is 262 g/mol. The predicted molar refractivity (Wildman–Crippen MR) is 79.2 cm³/mol. The quantitative estimate of drug-likeness (QED) is 0.905. The molecule has 0 saturated heterocycles. The lowest BCUT2D eigenvalue weighted by atomic mass is 9.87. The SMILES string of the molecule is CC(N)Cc1cnc(N(C)C2CCC(C)CC2)nc1. The molecule has 1 atom stereocenters. The van der Waals surface area contributed by atoms with Gasteiger partial charge in [-0.2, -0.15) is 0 Å². The van der Waals surface area contributed by atoms with Gasteiger partial charge in [0.2, 0.25) is 5.95 Å². The molecular weight excluding hydrogens is 236 g/mol. The Bertz CT molecular complexity index is 380. The minimum Gasteiger partial charge on any atom is -0.341 e. The molecule has 1 aliphatic carbocycles. The van der Waals surface area contributed by atoms with Crippen molar-refractivity contribution < 1.29 is 0 Å². The maximum absolute atomic E-state index is 5.79. The Hall–Kier alpha value is -1.16. The van der Waals surface area contributed by atoms with Crippen LogP contribution < -0.4 is 10.6 Å². The van der Waals surface area contributed by atoms with Gasteiger partial charge in [-0.3, -0.25) is 0 Å². The van der Waals surface area contributed by atoms with Crippen molar-refractivity contribution in [3.05, 3.63) is 18.0 Å². The minimum atomic E-state index is 0.159. The molecule has 4 nitrogen and oxygen atoms in total. The molecule has 1 fully saturated rings. The van der Waals surface area contributed by atoms with E-state index in [1.165, 1.54) is 25.7 Å². The summed E-state index contributed by atoms with van der Waals surface area (Å²) in [7, 11) is 2.11. The average Bonchev–Trinajstić information content (AvgIpc) is 2.39. The van der Waals surface area contributed by atoms with Gasteiger partial charge < -0.3 is 10.6 Å². The molecule has 19 heavy (non-hydrogen) atoms. The smallest absolute Gasteiger partial charge is 0.225 e. The second-order valence-electron chi connectivity index (χ2n) is 6.10. The van der Waals surface area contributed by atoms with Crippen LogP contribution in [0.3, 0.4) is 0 Å². The number of aromatic nitrogens is 2. The highest BCUT2D eigenvalue weighted by molar-refractivity contribution is 5.30. The highest BCUT2D eigenvalue weighted by Crippen LogP contribution is 2.27. The van der Waals surface area contributed by atoms with Gasteiger partial charge in [-0.15, -0.1) is 0 Å². The van der Waals surface area contributed by atoms with Crippen LogP contribution in [0.15, 0.2) is 12.4 Å². The Labute approximate surface area is 116 Å². The van der Waals surface area contributed by atoms with Gasteiger partial charge in [-0.25, -0.2) is 9.97 Å². The summed E-state index contributed by atoms with van der Waals surface area (Å²) in [4.78, 5) is 11.2. The third-order valence-electron chi connectivity index (χ3n) is 4.10. The summed E-state index contributed by atoms with van der Waals surface area (Å²) < 4.78 is 0. The van der Waals surface area contributed by atoms with Crippen LogP contribution in [-0.4, -0.2) is 29.1 Å². The second kappa shape index (κ2) is 6.33. The van der Waals surface area contributed by atoms with Crippen LogP contribution in [0.2, 0.25) is 0 Å². The van der Waals surface area contributed by atoms with E-state index < -0.39 is 0 Å². The summed E-state index contributed by atoms with van der Waals surface area (Å²) in [6.07, 6.45) is 9.80. The van der Waals surface area contributed by atoms with Gasteiger partial charge in [-0.1, -0.05) is 6.92 Å². The van der Waals surface area contributed by atoms with E-state index in [1.807, 2.05) is 19.3 Å². The highest BCUT2D eigenvalue weighted by Gasteiger charge is 2.23. The van der Waals surface area contributed by atoms with Crippen LogP contribution in [0.4, 0.5) is 5.95 Å². The van der Waals surface area contributed by atoms with Crippen molar-refractivity contribution in [3.63, 3.8) is 0 Å². The van der Waals surface area contributed by atoms with Crippen LogP contribution >= 0.6 is 0 Å². The van der Waals surface area contributed by atoms with E-state index in [9.17, 15) is 0 Å². The van der Waals surface area contributed by atoms with Gasteiger partial charge in [0.1, 0.15) is 0 Å². The van der Waals surface area contributed by atoms with Crippen molar-refractivity contribution in [1.29, 1.82) is 0 Å². The topological polar surface area (TPSA) is 55.0 Å².